The van der Waals surface area contributed by atoms with E-state index in [-0.39, 0.29) is 12.6 Å². The Labute approximate surface area is 194 Å². The lowest BCUT2D eigenvalue weighted by atomic mass is 10.2. The first-order valence-corrected chi connectivity index (χ1v) is 11.2. The van der Waals surface area contributed by atoms with Crippen molar-refractivity contribution in [3.63, 3.8) is 0 Å². The van der Waals surface area contributed by atoms with Crippen LogP contribution in [0.4, 0.5) is 9.93 Å². The van der Waals surface area contributed by atoms with Crippen LogP contribution < -0.4 is 20.5 Å². The van der Waals surface area contributed by atoms with Crippen molar-refractivity contribution in [3.8, 4) is 22.1 Å². The lowest BCUT2D eigenvalue weighted by Gasteiger charge is -2.21. The van der Waals surface area contributed by atoms with E-state index in [1.807, 2.05) is 25.1 Å². The quantitative estimate of drug-likeness (QED) is 0.545. The number of primary amides is 1. The first-order chi connectivity index (χ1) is 15.9. The number of likely N-dealkylation sites (tertiary alicyclic amines) is 1. The number of benzene rings is 1. The van der Waals surface area contributed by atoms with Gasteiger partial charge in [-0.05, 0) is 38.0 Å². The maximum atomic E-state index is 12.6. The zero-order chi connectivity index (χ0) is 23.4. The van der Waals surface area contributed by atoms with E-state index in [0.29, 0.717) is 41.1 Å². The van der Waals surface area contributed by atoms with Crippen LogP contribution in [0.1, 0.15) is 24.4 Å². The molecule has 1 aliphatic rings. The largest absolute Gasteiger partial charge is 0.497 e. The summed E-state index contributed by atoms with van der Waals surface area (Å²) in [7, 11) is 1.60. The number of hydrogen-bond acceptors (Lipinski definition) is 8. The van der Waals surface area contributed by atoms with Gasteiger partial charge in [-0.3, -0.25) is 10.1 Å². The molecule has 0 aliphatic carbocycles. The highest BCUT2D eigenvalue weighted by molar-refractivity contribution is 7.19. The molecule has 1 saturated heterocycles. The van der Waals surface area contributed by atoms with Gasteiger partial charge >= 0.3 is 6.03 Å². The number of rotatable bonds is 7. The second-order valence-electron chi connectivity index (χ2n) is 7.44. The SMILES string of the molecule is COc1cccc(OCc2nccc(-c3sc(NC(=O)N4CCCC4C(N)=O)nc3C)n2)c1. The molecule has 3 amide bonds. The van der Waals surface area contributed by atoms with E-state index in [9.17, 15) is 9.59 Å². The Morgan fingerprint density at radius 3 is 2.88 bits per heavy atom. The summed E-state index contributed by atoms with van der Waals surface area (Å²) in [6.07, 6.45) is 2.98. The number of nitrogens with one attached hydrogen (secondary N) is 1. The molecule has 4 rings (SSSR count). The Morgan fingerprint density at radius 2 is 2.09 bits per heavy atom. The molecule has 172 valence electrons. The molecule has 0 saturated carbocycles. The molecule has 0 bridgehead atoms. The summed E-state index contributed by atoms with van der Waals surface area (Å²) in [5.74, 6) is 1.37. The van der Waals surface area contributed by atoms with Gasteiger partial charge in [-0.2, -0.15) is 0 Å². The van der Waals surface area contributed by atoms with Crippen molar-refractivity contribution in [2.24, 2.45) is 5.73 Å². The Morgan fingerprint density at radius 1 is 1.27 bits per heavy atom. The van der Waals surface area contributed by atoms with E-state index in [1.54, 1.807) is 25.4 Å². The fourth-order valence-corrected chi connectivity index (χ4v) is 4.52. The topological polar surface area (TPSA) is 133 Å². The molecule has 3 N–H and O–H groups in total. The highest BCUT2D eigenvalue weighted by Gasteiger charge is 2.33. The maximum absolute atomic E-state index is 12.6. The molecule has 0 radical (unpaired) electrons. The van der Waals surface area contributed by atoms with Crippen molar-refractivity contribution in [2.75, 3.05) is 19.0 Å². The van der Waals surface area contributed by atoms with Crippen molar-refractivity contribution in [2.45, 2.75) is 32.4 Å². The third kappa shape index (κ3) is 5.20. The van der Waals surface area contributed by atoms with E-state index in [1.165, 1.54) is 16.2 Å². The van der Waals surface area contributed by atoms with Crippen LogP contribution in [0.3, 0.4) is 0 Å². The van der Waals surface area contributed by atoms with Gasteiger partial charge < -0.3 is 20.1 Å². The standard InChI is InChI=1S/C22H24N6O4S/c1-13-19(33-21(25-13)27-22(30)28-10-4-7-17(28)20(23)29)16-8-9-24-18(26-16)12-32-15-6-3-5-14(11-15)31-2/h3,5-6,8-9,11,17H,4,7,10,12H2,1-2H3,(H2,23,29)(H,25,27,30). The van der Waals surface area contributed by atoms with E-state index < -0.39 is 11.9 Å². The number of aromatic nitrogens is 3. The lowest BCUT2D eigenvalue weighted by molar-refractivity contribution is -0.121. The summed E-state index contributed by atoms with van der Waals surface area (Å²) < 4.78 is 11.0. The molecular formula is C22H24N6O4S. The number of ether oxygens (including phenoxy) is 2. The van der Waals surface area contributed by atoms with Crippen molar-refractivity contribution in [3.05, 3.63) is 48.0 Å². The number of thiazole rings is 1. The second-order valence-corrected chi connectivity index (χ2v) is 8.44. The van der Waals surface area contributed by atoms with Gasteiger partial charge in [0.1, 0.15) is 24.1 Å². The summed E-state index contributed by atoms with van der Waals surface area (Å²) >= 11 is 1.30. The molecule has 2 aromatic heterocycles. The van der Waals surface area contributed by atoms with Gasteiger partial charge in [-0.25, -0.2) is 19.7 Å². The molecule has 0 spiro atoms. The minimum atomic E-state index is -0.584. The smallest absolute Gasteiger partial charge is 0.324 e. The fourth-order valence-electron chi connectivity index (χ4n) is 3.59. The maximum Gasteiger partial charge on any atom is 0.324 e. The molecule has 10 nitrogen and oxygen atoms in total. The number of carbonyl (C=O) groups excluding carboxylic acids is 2. The summed E-state index contributed by atoms with van der Waals surface area (Å²) in [4.78, 5) is 39.8. The van der Waals surface area contributed by atoms with Gasteiger partial charge in [0.15, 0.2) is 11.0 Å². The van der Waals surface area contributed by atoms with Crippen LogP contribution in [0.15, 0.2) is 36.5 Å². The van der Waals surface area contributed by atoms with Gasteiger partial charge in [0.2, 0.25) is 5.91 Å². The van der Waals surface area contributed by atoms with Crippen LogP contribution >= 0.6 is 11.3 Å². The lowest BCUT2D eigenvalue weighted by Crippen LogP contribution is -2.45. The Kier molecular flexibility index (Phi) is 6.68. The summed E-state index contributed by atoms with van der Waals surface area (Å²) in [6.45, 7) is 2.52. The number of aryl methyl sites for hydroxylation is 1. The van der Waals surface area contributed by atoms with E-state index in [4.69, 9.17) is 15.2 Å². The zero-order valence-electron chi connectivity index (χ0n) is 18.3. The van der Waals surface area contributed by atoms with Crippen LogP contribution in [-0.4, -0.2) is 51.5 Å². The fraction of sp³-hybridized carbons (Fsp3) is 0.318. The normalized spacial score (nSPS) is 15.3. The number of amides is 3. The first-order valence-electron chi connectivity index (χ1n) is 10.4. The van der Waals surface area contributed by atoms with Crippen LogP contribution in [0, 0.1) is 6.92 Å². The second kappa shape index (κ2) is 9.82. The van der Waals surface area contributed by atoms with Gasteiger partial charge in [0, 0.05) is 18.8 Å². The highest BCUT2D eigenvalue weighted by atomic mass is 32.1. The van der Waals surface area contributed by atoms with E-state index in [2.05, 4.69) is 20.3 Å². The molecular weight excluding hydrogens is 444 g/mol. The average molecular weight is 469 g/mol. The number of nitrogens with two attached hydrogens (primary N) is 1. The van der Waals surface area contributed by atoms with E-state index >= 15 is 0 Å². The summed E-state index contributed by atoms with van der Waals surface area (Å²) in [5, 5.41) is 3.20. The van der Waals surface area contributed by atoms with Crippen LogP contribution in [0.25, 0.3) is 10.6 Å². The Bertz CT molecular complexity index is 1170. The first kappa shape index (κ1) is 22.5. The molecule has 11 heteroatoms. The molecule has 3 heterocycles. The molecule has 1 aliphatic heterocycles. The van der Waals surface area contributed by atoms with Crippen LogP contribution in [0.2, 0.25) is 0 Å². The van der Waals surface area contributed by atoms with E-state index in [0.717, 1.165) is 17.0 Å². The van der Waals surface area contributed by atoms with Gasteiger partial charge in [0.05, 0.1) is 23.4 Å². The van der Waals surface area contributed by atoms with Crippen LogP contribution in [-0.2, 0) is 11.4 Å². The molecule has 33 heavy (non-hydrogen) atoms. The Balaban J connectivity index is 1.45. The average Bonchev–Trinajstić information content (AvgIpc) is 3.45. The van der Waals surface area contributed by atoms with Crippen molar-refractivity contribution >= 4 is 28.4 Å². The molecule has 1 atom stereocenters. The number of anilines is 1. The van der Waals surface area contributed by atoms with Gasteiger partial charge in [-0.15, -0.1) is 0 Å². The number of carbonyl (C=O) groups is 2. The number of urea groups is 1. The minimum Gasteiger partial charge on any atom is -0.497 e. The van der Waals surface area contributed by atoms with Gasteiger partial charge in [-0.1, -0.05) is 17.4 Å². The highest BCUT2D eigenvalue weighted by Crippen LogP contribution is 2.32. The van der Waals surface area contributed by atoms with Crippen molar-refractivity contribution < 1.29 is 19.1 Å². The third-order valence-electron chi connectivity index (χ3n) is 5.20. The number of nitrogens with zero attached hydrogens (tertiary/aromatic N) is 4. The van der Waals surface area contributed by atoms with Crippen molar-refractivity contribution in [1.29, 1.82) is 0 Å². The molecule has 1 aromatic carbocycles. The predicted molar refractivity (Wildman–Crippen MR) is 123 cm³/mol. The summed E-state index contributed by atoms with van der Waals surface area (Å²) in [5.41, 5.74) is 6.81. The predicted octanol–water partition coefficient (Wildman–Crippen LogP) is 2.98. The molecule has 3 aromatic rings. The van der Waals surface area contributed by atoms with Crippen molar-refractivity contribution in [1.82, 2.24) is 19.9 Å². The Hall–Kier alpha value is -3.73. The van der Waals surface area contributed by atoms with Crippen LogP contribution in [0.5, 0.6) is 11.5 Å². The number of methoxy groups -OCH3 is 1. The monoisotopic (exact) mass is 468 g/mol. The molecule has 1 fully saturated rings. The summed E-state index contributed by atoms with van der Waals surface area (Å²) in [6, 6.07) is 8.12. The van der Waals surface area contributed by atoms with Gasteiger partial charge in [0.25, 0.3) is 0 Å². The number of hydrogen-bond donors (Lipinski definition) is 2. The molecule has 1 unspecified atom stereocenters. The minimum absolute atomic E-state index is 0.186. The zero-order valence-corrected chi connectivity index (χ0v) is 19.1. The third-order valence-corrected chi connectivity index (χ3v) is 6.30.